The second-order valence-corrected chi connectivity index (χ2v) is 3.19. The number of phenolic OH excluding ortho intramolecular Hbond substituents is 1. The van der Waals surface area contributed by atoms with Crippen LogP contribution >= 0.6 is 0 Å². The molecule has 0 aliphatic heterocycles. The Labute approximate surface area is 96.0 Å². The summed E-state index contributed by atoms with van der Waals surface area (Å²) in [7, 11) is 0. The van der Waals surface area contributed by atoms with Crippen LogP contribution in [0.1, 0.15) is 10.4 Å². The van der Waals surface area contributed by atoms with E-state index in [1.807, 2.05) is 0 Å². The van der Waals surface area contributed by atoms with Gasteiger partial charge < -0.3 is 5.11 Å². The van der Waals surface area contributed by atoms with Crippen molar-refractivity contribution in [1.29, 1.82) is 0 Å². The average molecular weight is 233 g/mol. The lowest BCUT2D eigenvalue weighted by Crippen LogP contribution is -2.14. The van der Waals surface area contributed by atoms with Gasteiger partial charge in [0.1, 0.15) is 11.6 Å². The number of nitrogens with one attached hydrogen (secondary N) is 1. The molecule has 1 aromatic carbocycles. The molecule has 0 spiro atoms. The summed E-state index contributed by atoms with van der Waals surface area (Å²) in [6.07, 6.45) is 2.93. The molecule has 1 aromatic heterocycles. The summed E-state index contributed by atoms with van der Waals surface area (Å²) in [5.74, 6) is -1.54. The molecule has 86 valence electrons. The number of hydrogen-bond acceptors (Lipinski definition) is 4. The molecular formula is C11H8FN3O2. The predicted octanol–water partition coefficient (Wildman–Crippen LogP) is 1.57. The molecule has 0 bridgehead atoms. The molecule has 2 N–H and O–H groups in total. The van der Waals surface area contributed by atoms with Crippen molar-refractivity contribution in [1.82, 2.24) is 9.97 Å². The van der Waals surface area contributed by atoms with Gasteiger partial charge in [0.2, 0.25) is 5.95 Å². The topological polar surface area (TPSA) is 75.1 Å². The Morgan fingerprint density at radius 1 is 1.29 bits per heavy atom. The Hall–Kier alpha value is -2.50. The summed E-state index contributed by atoms with van der Waals surface area (Å²) >= 11 is 0. The molecule has 17 heavy (non-hydrogen) atoms. The molecular weight excluding hydrogens is 225 g/mol. The van der Waals surface area contributed by atoms with Crippen LogP contribution in [0, 0.1) is 5.82 Å². The third-order valence-electron chi connectivity index (χ3n) is 2.00. The van der Waals surface area contributed by atoms with E-state index in [0.29, 0.717) is 0 Å². The van der Waals surface area contributed by atoms with E-state index < -0.39 is 17.5 Å². The first-order valence-electron chi connectivity index (χ1n) is 4.74. The number of aromatic nitrogens is 2. The van der Waals surface area contributed by atoms with E-state index in [1.165, 1.54) is 18.5 Å². The Balaban J connectivity index is 2.21. The van der Waals surface area contributed by atoms with Gasteiger partial charge in [-0.25, -0.2) is 14.4 Å². The van der Waals surface area contributed by atoms with E-state index in [-0.39, 0.29) is 11.5 Å². The molecule has 0 unspecified atom stereocenters. The number of aromatic hydroxyl groups is 1. The number of carbonyl (C=O) groups excluding carboxylic acids is 1. The van der Waals surface area contributed by atoms with Crippen molar-refractivity contribution < 1.29 is 14.3 Å². The number of amides is 1. The minimum Gasteiger partial charge on any atom is -0.507 e. The summed E-state index contributed by atoms with van der Waals surface area (Å²) in [4.78, 5) is 19.3. The van der Waals surface area contributed by atoms with Gasteiger partial charge in [-0.1, -0.05) is 0 Å². The Kier molecular flexibility index (Phi) is 2.95. The van der Waals surface area contributed by atoms with E-state index in [1.54, 1.807) is 6.07 Å². The number of benzene rings is 1. The van der Waals surface area contributed by atoms with Crippen molar-refractivity contribution in [3.8, 4) is 5.75 Å². The molecule has 0 saturated carbocycles. The summed E-state index contributed by atoms with van der Waals surface area (Å²) in [5, 5.41) is 11.8. The van der Waals surface area contributed by atoms with Gasteiger partial charge in [-0.15, -0.1) is 0 Å². The zero-order valence-electron chi connectivity index (χ0n) is 8.59. The summed E-state index contributed by atoms with van der Waals surface area (Å²) in [5.41, 5.74) is -0.0427. The van der Waals surface area contributed by atoms with Gasteiger partial charge >= 0.3 is 0 Å². The summed E-state index contributed by atoms with van der Waals surface area (Å²) < 4.78 is 12.7. The maximum absolute atomic E-state index is 12.7. The van der Waals surface area contributed by atoms with Crippen LogP contribution in [-0.2, 0) is 0 Å². The summed E-state index contributed by atoms with van der Waals surface area (Å²) in [6, 6.07) is 4.73. The standard InChI is InChI=1S/C11H8FN3O2/c12-7-2-3-8(9(16)6-7)10(17)15-11-13-4-1-5-14-11/h1-6,16H,(H,13,14,15,17). The van der Waals surface area contributed by atoms with Crippen LogP contribution in [0.2, 0.25) is 0 Å². The maximum Gasteiger partial charge on any atom is 0.261 e. The first-order chi connectivity index (χ1) is 8.16. The quantitative estimate of drug-likeness (QED) is 0.825. The molecule has 0 saturated heterocycles. The largest absolute Gasteiger partial charge is 0.507 e. The fourth-order valence-corrected chi connectivity index (χ4v) is 1.23. The minimum atomic E-state index is -0.616. The smallest absolute Gasteiger partial charge is 0.261 e. The van der Waals surface area contributed by atoms with Gasteiger partial charge in [0, 0.05) is 18.5 Å². The highest BCUT2D eigenvalue weighted by Crippen LogP contribution is 2.18. The van der Waals surface area contributed by atoms with Gasteiger partial charge in [0.25, 0.3) is 5.91 Å². The second kappa shape index (κ2) is 4.56. The highest BCUT2D eigenvalue weighted by Gasteiger charge is 2.12. The van der Waals surface area contributed by atoms with E-state index in [0.717, 1.165) is 12.1 Å². The highest BCUT2D eigenvalue weighted by atomic mass is 19.1. The average Bonchev–Trinajstić information content (AvgIpc) is 2.30. The van der Waals surface area contributed by atoms with Gasteiger partial charge in [-0.3, -0.25) is 10.1 Å². The maximum atomic E-state index is 12.7. The lowest BCUT2D eigenvalue weighted by atomic mass is 10.2. The third-order valence-corrected chi connectivity index (χ3v) is 2.00. The van der Waals surface area contributed by atoms with E-state index in [9.17, 15) is 14.3 Å². The lowest BCUT2D eigenvalue weighted by molar-refractivity contribution is 0.102. The third kappa shape index (κ3) is 2.54. The molecule has 0 aliphatic carbocycles. The number of hydrogen-bond donors (Lipinski definition) is 2. The molecule has 0 radical (unpaired) electrons. The van der Waals surface area contributed by atoms with Crippen LogP contribution < -0.4 is 5.32 Å². The van der Waals surface area contributed by atoms with Crippen molar-refractivity contribution in [3.63, 3.8) is 0 Å². The van der Waals surface area contributed by atoms with Crippen LogP contribution in [0.5, 0.6) is 5.75 Å². The van der Waals surface area contributed by atoms with Crippen molar-refractivity contribution in [2.75, 3.05) is 5.32 Å². The van der Waals surface area contributed by atoms with Crippen LogP contribution in [0.15, 0.2) is 36.7 Å². The van der Waals surface area contributed by atoms with Crippen molar-refractivity contribution in [3.05, 3.63) is 48.0 Å². The second-order valence-electron chi connectivity index (χ2n) is 3.19. The highest BCUT2D eigenvalue weighted by molar-refractivity contribution is 6.05. The SMILES string of the molecule is O=C(Nc1ncccn1)c1ccc(F)cc1O. The van der Waals surface area contributed by atoms with Gasteiger partial charge in [-0.05, 0) is 18.2 Å². The van der Waals surface area contributed by atoms with Crippen LogP contribution in [0.25, 0.3) is 0 Å². The van der Waals surface area contributed by atoms with Gasteiger partial charge in [0.05, 0.1) is 5.56 Å². The monoisotopic (exact) mass is 233 g/mol. The predicted molar refractivity (Wildman–Crippen MR) is 58.1 cm³/mol. The molecule has 5 nitrogen and oxygen atoms in total. The van der Waals surface area contributed by atoms with Crippen molar-refractivity contribution >= 4 is 11.9 Å². The summed E-state index contributed by atoms with van der Waals surface area (Å²) in [6.45, 7) is 0. The number of rotatable bonds is 2. The molecule has 2 aromatic rings. The number of anilines is 1. The van der Waals surface area contributed by atoms with E-state index in [2.05, 4.69) is 15.3 Å². The van der Waals surface area contributed by atoms with Crippen LogP contribution in [-0.4, -0.2) is 21.0 Å². The normalized spacial score (nSPS) is 9.94. The van der Waals surface area contributed by atoms with Gasteiger partial charge in [-0.2, -0.15) is 0 Å². The number of nitrogens with zero attached hydrogens (tertiary/aromatic N) is 2. The molecule has 0 fully saturated rings. The first-order valence-corrected chi connectivity index (χ1v) is 4.74. The van der Waals surface area contributed by atoms with Crippen molar-refractivity contribution in [2.45, 2.75) is 0 Å². The van der Waals surface area contributed by atoms with E-state index >= 15 is 0 Å². The molecule has 1 amide bonds. The molecule has 0 atom stereocenters. The first kappa shape index (κ1) is 11.0. The van der Waals surface area contributed by atoms with Crippen molar-refractivity contribution in [2.24, 2.45) is 0 Å². The minimum absolute atomic E-state index is 0.0427. The fraction of sp³-hybridized carbons (Fsp3) is 0. The Morgan fingerprint density at radius 3 is 2.65 bits per heavy atom. The van der Waals surface area contributed by atoms with Gasteiger partial charge in [0.15, 0.2) is 0 Å². The number of halogens is 1. The van der Waals surface area contributed by atoms with Crippen LogP contribution in [0.4, 0.5) is 10.3 Å². The molecule has 1 heterocycles. The zero-order chi connectivity index (χ0) is 12.3. The Morgan fingerprint density at radius 2 is 2.00 bits per heavy atom. The Bertz CT molecular complexity index is 546. The number of carbonyl (C=O) groups is 1. The van der Waals surface area contributed by atoms with E-state index in [4.69, 9.17) is 0 Å². The zero-order valence-corrected chi connectivity index (χ0v) is 8.59. The molecule has 6 heteroatoms. The number of phenols is 1. The lowest BCUT2D eigenvalue weighted by Gasteiger charge is -2.04. The van der Waals surface area contributed by atoms with Crippen LogP contribution in [0.3, 0.4) is 0 Å². The molecule has 0 aliphatic rings. The molecule has 2 rings (SSSR count). The fourth-order valence-electron chi connectivity index (χ4n) is 1.23.